The van der Waals surface area contributed by atoms with Gasteiger partial charge in [-0.1, -0.05) is 6.92 Å². The van der Waals surface area contributed by atoms with Crippen molar-refractivity contribution in [2.75, 3.05) is 7.05 Å². The summed E-state index contributed by atoms with van der Waals surface area (Å²) in [6, 6.07) is 3.19. The number of hydrogen-bond acceptors (Lipinski definition) is 4. The SMILES string of the molecule is CCC(OC1CCC(N(C)S(=O)(=O)c2ccc(C(F)(F)F)cc2)CC1)C(N)=O. The molecule has 0 heterocycles. The highest BCUT2D eigenvalue weighted by molar-refractivity contribution is 7.89. The minimum Gasteiger partial charge on any atom is -0.367 e. The first-order chi connectivity index (χ1) is 13.0. The van der Waals surface area contributed by atoms with Gasteiger partial charge >= 0.3 is 6.18 Å². The third-order valence-electron chi connectivity index (χ3n) is 5.06. The van der Waals surface area contributed by atoms with Crippen molar-refractivity contribution in [3.8, 4) is 0 Å². The largest absolute Gasteiger partial charge is 0.416 e. The van der Waals surface area contributed by atoms with Crippen LogP contribution in [0.25, 0.3) is 0 Å². The predicted molar refractivity (Wildman–Crippen MR) is 96.8 cm³/mol. The highest BCUT2D eigenvalue weighted by Crippen LogP contribution is 2.32. The summed E-state index contributed by atoms with van der Waals surface area (Å²) in [5.74, 6) is -0.522. The van der Waals surface area contributed by atoms with E-state index in [0.29, 0.717) is 32.1 Å². The zero-order chi connectivity index (χ0) is 21.1. The van der Waals surface area contributed by atoms with Crippen LogP contribution >= 0.6 is 0 Å². The van der Waals surface area contributed by atoms with E-state index in [1.807, 2.05) is 0 Å². The van der Waals surface area contributed by atoms with E-state index in [1.165, 1.54) is 11.4 Å². The van der Waals surface area contributed by atoms with Crippen LogP contribution in [0.1, 0.15) is 44.6 Å². The number of alkyl halides is 3. The van der Waals surface area contributed by atoms with Crippen LogP contribution in [0.2, 0.25) is 0 Å². The molecule has 1 aliphatic rings. The van der Waals surface area contributed by atoms with E-state index in [4.69, 9.17) is 10.5 Å². The van der Waals surface area contributed by atoms with Gasteiger partial charge in [-0.15, -0.1) is 0 Å². The summed E-state index contributed by atoms with van der Waals surface area (Å²) >= 11 is 0. The minimum atomic E-state index is -4.52. The van der Waals surface area contributed by atoms with Crippen molar-refractivity contribution < 1.29 is 31.1 Å². The van der Waals surface area contributed by atoms with E-state index in [2.05, 4.69) is 0 Å². The maximum absolute atomic E-state index is 12.7. The summed E-state index contributed by atoms with van der Waals surface area (Å²) < 4.78 is 70.4. The molecule has 0 aliphatic heterocycles. The van der Waals surface area contributed by atoms with Gasteiger partial charge in [-0.3, -0.25) is 4.79 Å². The quantitative estimate of drug-likeness (QED) is 0.732. The molecule has 1 aromatic rings. The number of carbonyl (C=O) groups excluding carboxylic acids is 1. The smallest absolute Gasteiger partial charge is 0.367 e. The van der Waals surface area contributed by atoms with E-state index < -0.39 is 33.8 Å². The van der Waals surface area contributed by atoms with Crippen LogP contribution in [-0.4, -0.2) is 43.9 Å². The molecular weight excluding hydrogens is 397 g/mol. The van der Waals surface area contributed by atoms with Crippen molar-refractivity contribution >= 4 is 15.9 Å². The standard InChI is InChI=1S/C18H25F3N2O4S/c1-3-16(17(22)24)27-14-8-6-13(7-9-14)23(2)28(25,26)15-10-4-12(5-11-15)18(19,20)21/h4-5,10-11,13-14,16H,3,6-9H2,1-2H3,(H2,22,24). The second-order valence-electron chi connectivity index (χ2n) is 6.91. The number of rotatable bonds is 7. The van der Waals surface area contributed by atoms with E-state index >= 15 is 0 Å². The van der Waals surface area contributed by atoms with E-state index in [9.17, 15) is 26.4 Å². The molecular formula is C18H25F3N2O4S. The van der Waals surface area contributed by atoms with Crippen molar-refractivity contribution in [1.29, 1.82) is 0 Å². The summed E-state index contributed by atoms with van der Waals surface area (Å²) in [6.45, 7) is 1.80. The maximum atomic E-state index is 12.7. The monoisotopic (exact) mass is 422 g/mol. The van der Waals surface area contributed by atoms with Crippen LogP contribution in [-0.2, 0) is 25.7 Å². The van der Waals surface area contributed by atoms with Crippen molar-refractivity contribution in [3.63, 3.8) is 0 Å². The Labute approximate surface area is 162 Å². The van der Waals surface area contributed by atoms with Gasteiger partial charge in [-0.25, -0.2) is 8.42 Å². The summed E-state index contributed by atoms with van der Waals surface area (Å²) in [5.41, 5.74) is 4.38. The summed E-state index contributed by atoms with van der Waals surface area (Å²) in [6.07, 6.45) is -2.69. The third-order valence-corrected chi connectivity index (χ3v) is 6.99. The molecule has 1 unspecified atom stereocenters. The number of sulfonamides is 1. The van der Waals surface area contributed by atoms with Gasteiger partial charge in [0.2, 0.25) is 15.9 Å². The summed E-state index contributed by atoms with van der Waals surface area (Å²) in [4.78, 5) is 11.1. The number of benzene rings is 1. The molecule has 0 aromatic heterocycles. The average Bonchev–Trinajstić information content (AvgIpc) is 2.65. The van der Waals surface area contributed by atoms with E-state index in [-0.39, 0.29) is 17.0 Å². The van der Waals surface area contributed by atoms with Crippen LogP contribution in [0.5, 0.6) is 0 Å². The number of primary amides is 1. The molecule has 1 aromatic carbocycles. The second kappa shape index (κ2) is 8.79. The molecule has 10 heteroatoms. The fourth-order valence-electron chi connectivity index (χ4n) is 3.32. The van der Waals surface area contributed by atoms with Crippen LogP contribution in [0, 0.1) is 0 Å². The lowest BCUT2D eigenvalue weighted by Crippen LogP contribution is -2.42. The van der Waals surface area contributed by atoms with Gasteiger partial charge in [0, 0.05) is 13.1 Å². The van der Waals surface area contributed by atoms with Crippen molar-refractivity contribution in [3.05, 3.63) is 29.8 Å². The molecule has 1 saturated carbocycles. The number of amides is 1. The molecule has 28 heavy (non-hydrogen) atoms. The normalized spacial score (nSPS) is 22.2. The second-order valence-corrected chi connectivity index (χ2v) is 8.91. The fraction of sp³-hybridized carbons (Fsp3) is 0.611. The highest BCUT2D eigenvalue weighted by atomic mass is 32.2. The molecule has 0 bridgehead atoms. The van der Waals surface area contributed by atoms with Gasteiger partial charge in [0.05, 0.1) is 16.6 Å². The van der Waals surface area contributed by atoms with Crippen LogP contribution in [0.4, 0.5) is 13.2 Å². The topological polar surface area (TPSA) is 89.7 Å². The van der Waals surface area contributed by atoms with Crippen LogP contribution in [0.15, 0.2) is 29.2 Å². The van der Waals surface area contributed by atoms with Gasteiger partial charge in [0.25, 0.3) is 0 Å². The van der Waals surface area contributed by atoms with Gasteiger partial charge in [-0.2, -0.15) is 17.5 Å². The van der Waals surface area contributed by atoms with Crippen LogP contribution in [0.3, 0.4) is 0 Å². The van der Waals surface area contributed by atoms with E-state index in [0.717, 1.165) is 24.3 Å². The minimum absolute atomic E-state index is 0.170. The lowest BCUT2D eigenvalue weighted by molar-refractivity contribution is -0.137. The summed E-state index contributed by atoms with van der Waals surface area (Å²) in [5, 5.41) is 0. The molecule has 2 rings (SSSR count). The molecule has 0 spiro atoms. The van der Waals surface area contributed by atoms with Gasteiger partial charge in [-0.05, 0) is 56.4 Å². The lowest BCUT2D eigenvalue weighted by atomic mass is 9.93. The molecule has 0 saturated heterocycles. The first kappa shape index (κ1) is 22.6. The van der Waals surface area contributed by atoms with Gasteiger partial charge in [0.15, 0.2) is 0 Å². The Hall–Kier alpha value is -1.65. The Morgan fingerprint density at radius 1 is 1.21 bits per heavy atom. The number of nitrogens with two attached hydrogens (primary N) is 1. The van der Waals surface area contributed by atoms with Gasteiger partial charge in [0.1, 0.15) is 6.10 Å². The number of hydrogen-bond donors (Lipinski definition) is 1. The zero-order valence-corrected chi connectivity index (χ0v) is 16.6. The Morgan fingerprint density at radius 2 is 1.75 bits per heavy atom. The molecule has 2 N–H and O–H groups in total. The van der Waals surface area contributed by atoms with Crippen molar-refractivity contribution in [2.24, 2.45) is 5.73 Å². The third kappa shape index (κ3) is 5.24. The Kier molecular flexibility index (Phi) is 7.11. The molecule has 6 nitrogen and oxygen atoms in total. The first-order valence-electron chi connectivity index (χ1n) is 9.06. The Balaban J connectivity index is 2.02. The molecule has 1 amide bonds. The fourth-order valence-corrected chi connectivity index (χ4v) is 4.74. The summed E-state index contributed by atoms with van der Waals surface area (Å²) in [7, 11) is -2.48. The molecule has 1 aliphatic carbocycles. The zero-order valence-electron chi connectivity index (χ0n) is 15.8. The average molecular weight is 422 g/mol. The Bertz CT molecular complexity index is 773. The van der Waals surface area contributed by atoms with Crippen LogP contribution < -0.4 is 5.73 Å². The number of carbonyl (C=O) groups is 1. The van der Waals surface area contributed by atoms with Crippen molar-refractivity contribution in [2.45, 2.75) is 68.3 Å². The molecule has 158 valence electrons. The molecule has 1 fully saturated rings. The first-order valence-corrected chi connectivity index (χ1v) is 10.5. The van der Waals surface area contributed by atoms with Crippen molar-refractivity contribution in [1.82, 2.24) is 4.31 Å². The molecule has 0 radical (unpaired) electrons. The maximum Gasteiger partial charge on any atom is 0.416 e. The number of ether oxygens (including phenoxy) is 1. The van der Waals surface area contributed by atoms with Gasteiger partial charge < -0.3 is 10.5 Å². The Morgan fingerprint density at radius 3 is 2.18 bits per heavy atom. The predicted octanol–water partition coefficient (Wildman–Crippen LogP) is 2.92. The van der Waals surface area contributed by atoms with E-state index in [1.54, 1.807) is 6.92 Å². The molecule has 1 atom stereocenters. The number of halogens is 3. The highest BCUT2D eigenvalue weighted by Gasteiger charge is 2.34. The lowest BCUT2D eigenvalue weighted by Gasteiger charge is -2.34. The number of nitrogens with zero attached hydrogens (tertiary/aromatic N) is 1.